The van der Waals surface area contributed by atoms with Gasteiger partial charge >= 0.3 is 0 Å². The molecule has 2 N–H and O–H groups in total. The Bertz CT molecular complexity index is 349. The molecule has 0 unspecified atom stereocenters. The minimum atomic E-state index is -1.22. The third-order valence-corrected chi connectivity index (χ3v) is 1.84. The van der Waals surface area contributed by atoms with Crippen LogP contribution in [0.3, 0.4) is 0 Å². The van der Waals surface area contributed by atoms with Gasteiger partial charge in [-0.05, 0) is 12.5 Å². The Hall–Kier alpha value is -1.29. The van der Waals surface area contributed by atoms with E-state index in [1.807, 2.05) is 0 Å². The predicted molar refractivity (Wildman–Crippen MR) is 48.1 cm³/mol. The zero-order valence-corrected chi connectivity index (χ0v) is 7.43. The molecule has 14 heavy (non-hydrogen) atoms. The highest BCUT2D eigenvalue weighted by Gasteiger charge is 2.15. The summed E-state index contributed by atoms with van der Waals surface area (Å²) in [4.78, 5) is 0. The third kappa shape index (κ3) is 2.14. The number of rotatable bonds is 3. The van der Waals surface area contributed by atoms with E-state index in [1.165, 1.54) is 6.08 Å². The van der Waals surface area contributed by atoms with Gasteiger partial charge in [0.2, 0.25) is 0 Å². The zero-order valence-electron chi connectivity index (χ0n) is 7.43. The van der Waals surface area contributed by atoms with Gasteiger partial charge in [0.25, 0.3) is 0 Å². The monoisotopic (exact) mass is 201 g/mol. The fourth-order valence-electron chi connectivity index (χ4n) is 1.15. The van der Waals surface area contributed by atoms with Gasteiger partial charge in [0.1, 0.15) is 5.82 Å². The predicted octanol–water partition coefficient (Wildman–Crippen LogP) is 2.68. The molecule has 1 rings (SSSR count). The van der Waals surface area contributed by atoms with Crippen LogP contribution in [0.5, 0.6) is 0 Å². The van der Waals surface area contributed by atoms with Crippen molar-refractivity contribution in [2.24, 2.45) is 5.73 Å². The molecule has 0 saturated heterocycles. The Kier molecular flexibility index (Phi) is 3.30. The lowest BCUT2D eigenvalue weighted by Gasteiger charge is -2.10. The average molecular weight is 201 g/mol. The first kappa shape index (κ1) is 10.8. The van der Waals surface area contributed by atoms with Crippen LogP contribution < -0.4 is 5.73 Å². The van der Waals surface area contributed by atoms with Crippen LogP contribution >= 0.6 is 0 Å². The zero-order chi connectivity index (χ0) is 10.7. The maximum Gasteiger partial charge on any atom is 0.163 e. The van der Waals surface area contributed by atoms with Crippen molar-refractivity contribution in [3.05, 3.63) is 47.8 Å². The molecule has 0 aliphatic heterocycles. The second-order valence-corrected chi connectivity index (χ2v) is 2.92. The Morgan fingerprint density at radius 3 is 2.57 bits per heavy atom. The molecule has 0 saturated carbocycles. The number of nitrogens with two attached hydrogens (primary N) is 1. The van der Waals surface area contributed by atoms with Crippen molar-refractivity contribution >= 4 is 0 Å². The van der Waals surface area contributed by atoms with E-state index in [0.717, 1.165) is 6.07 Å². The molecule has 76 valence electrons. The molecular formula is C10H10F3N. The van der Waals surface area contributed by atoms with E-state index in [4.69, 9.17) is 5.73 Å². The van der Waals surface area contributed by atoms with E-state index in [0.29, 0.717) is 6.07 Å². The van der Waals surface area contributed by atoms with Crippen molar-refractivity contribution in [2.45, 2.75) is 12.5 Å². The summed E-state index contributed by atoms with van der Waals surface area (Å²) in [7, 11) is 0. The largest absolute Gasteiger partial charge is 0.324 e. The fraction of sp³-hybridized carbons (Fsp3) is 0.200. The molecule has 1 aromatic carbocycles. The van der Waals surface area contributed by atoms with Crippen molar-refractivity contribution in [2.75, 3.05) is 0 Å². The van der Waals surface area contributed by atoms with Gasteiger partial charge in [-0.1, -0.05) is 6.08 Å². The Morgan fingerprint density at radius 1 is 1.36 bits per heavy atom. The van der Waals surface area contributed by atoms with Gasteiger partial charge in [-0.15, -0.1) is 6.58 Å². The molecule has 0 spiro atoms. The molecule has 0 fully saturated rings. The van der Waals surface area contributed by atoms with Crippen LogP contribution in [0.4, 0.5) is 13.2 Å². The summed E-state index contributed by atoms with van der Waals surface area (Å²) in [6.45, 7) is 3.41. The van der Waals surface area contributed by atoms with E-state index >= 15 is 0 Å². The van der Waals surface area contributed by atoms with Gasteiger partial charge in [-0.25, -0.2) is 13.2 Å². The smallest absolute Gasteiger partial charge is 0.163 e. The van der Waals surface area contributed by atoms with Crippen LogP contribution in [0, 0.1) is 17.5 Å². The standard InChI is InChI=1S/C10H10F3N/c1-2-3-9(14)7-4-6(11)5-8(12)10(7)13/h2,4-5,9H,1,3,14H2/t9-/m1/s1. The molecule has 1 aromatic rings. The molecule has 0 aliphatic carbocycles. The normalized spacial score (nSPS) is 12.6. The first-order valence-corrected chi connectivity index (χ1v) is 4.07. The molecular weight excluding hydrogens is 191 g/mol. The fourth-order valence-corrected chi connectivity index (χ4v) is 1.15. The number of halogens is 3. The lowest BCUT2D eigenvalue weighted by molar-refractivity contribution is 0.475. The first-order chi connectivity index (χ1) is 6.56. The molecule has 1 atom stereocenters. The number of hydrogen-bond donors (Lipinski definition) is 1. The van der Waals surface area contributed by atoms with Gasteiger partial charge in [-0.2, -0.15) is 0 Å². The van der Waals surface area contributed by atoms with E-state index in [9.17, 15) is 13.2 Å². The number of benzene rings is 1. The molecule has 0 amide bonds. The summed E-state index contributed by atoms with van der Waals surface area (Å²) in [5.41, 5.74) is 5.34. The third-order valence-electron chi connectivity index (χ3n) is 1.84. The highest BCUT2D eigenvalue weighted by molar-refractivity contribution is 5.23. The summed E-state index contributed by atoms with van der Waals surface area (Å²) in [6, 6.07) is 0.615. The first-order valence-electron chi connectivity index (χ1n) is 4.07. The molecule has 0 aromatic heterocycles. The molecule has 1 nitrogen and oxygen atoms in total. The molecule has 0 radical (unpaired) electrons. The van der Waals surface area contributed by atoms with E-state index < -0.39 is 23.5 Å². The van der Waals surface area contributed by atoms with Crippen molar-refractivity contribution in [3.8, 4) is 0 Å². The van der Waals surface area contributed by atoms with Gasteiger partial charge in [0, 0.05) is 17.7 Å². The lowest BCUT2D eigenvalue weighted by atomic mass is 10.0. The van der Waals surface area contributed by atoms with E-state index in [-0.39, 0.29) is 12.0 Å². The topological polar surface area (TPSA) is 26.0 Å². The van der Waals surface area contributed by atoms with Crippen LogP contribution in [-0.2, 0) is 0 Å². The minimum absolute atomic E-state index is 0.164. The van der Waals surface area contributed by atoms with Crippen LogP contribution in [0.2, 0.25) is 0 Å². The Morgan fingerprint density at radius 2 is 2.00 bits per heavy atom. The number of hydrogen-bond acceptors (Lipinski definition) is 1. The van der Waals surface area contributed by atoms with Crippen LogP contribution in [0.15, 0.2) is 24.8 Å². The lowest BCUT2D eigenvalue weighted by Crippen LogP contribution is -2.12. The van der Waals surface area contributed by atoms with Gasteiger partial charge in [0.15, 0.2) is 11.6 Å². The summed E-state index contributed by atoms with van der Waals surface area (Å²) in [5.74, 6) is -3.15. The van der Waals surface area contributed by atoms with Crippen LogP contribution in [-0.4, -0.2) is 0 Å². The van der Waals surface area contributed by atoms with Crippen molar-refractivity contribution < 1.29 is 13.2 Å². The Labute approximate surface area is 80.0 Å². The highest BCUT2D eigenvalue weighted by Crippen LogP contribution is 2.21. The second-order valence-electron chi connectivity index (χ2n) is 2.92. The summed E-state index contributed by atoms with van der Waals surface area (Å²) >= 11 is 0. The van der Waals surface area contributed by atoms with E-state index in [1.54, 1.807) is 0 Å². The van der Waals surface area contributed by atoms with Gasteiger partial charge < -0.3 is 5.73 Å². The second kappa shape index (κ2) is 4.28. The van der Waals surface area contributed by atoms with Crippen molar-refractivity contribution in [1.29, 1.82) is 0 Å². The quantitative estimate of drug-likeness (QED) is 0.590. The maximum absolute atomic E-state index is 13.1. The summed E-state index contributed by atoms with van der Waals surface area (Å²) in [5, 5.41) is 0. The molecule has 4 heteroatoms. The van der Waals surface area contributed by atoms with Crippen molar-refractivity contribution in [1.82, 2.24) is 0 Å². The molecule has 0 bridgehead atoms. The van der Waals surface area contributed by atoms with Crippen molar-refractivity contribution in [3.63, 3.8) is 0 Å². The van der Waals surface area contributed by atoms with Gasteiger partial charge in [-0.3, -0.25) is 0 Å². The summed E-state index contributed by atoms with van der Waals surface area (Å²) in [6.07, 6.45) is 1.73. The van der Waals surface area contributed by atoms with Crippen LogP contribution in [0.1, 0.15) is 18.0 Å². The maximum atomic E-state index is 13.1. The minimum Gasteiger partial charge on any atom is -0.324 e. The Balaban J connectivity index is 3.12. The van der Waals surface area contributed by atoms with Gasteiger partial charge in [0.05, 0.1) is 0 Å². The highest BCUT2D eigenvalue weighted by atomic mass is 19.2. The SMILES string of the molecule is C=CC[C@@H](N)c1cc(F)cc(F)c1F. The molecule has 0 aliphatic rings. The summed E-state index contributed by atoms with van der Waals surface area (Å²) < 4.78 is 38.6. The average Bonchev–Trinajstić information content (AvgIpc) is 2.11. The van der Waals surface area contributed by atoms with E-state index in [2.05, 4.69) is 6.58 Å². The van der Waals surface area contributed by atoms with Crippen LogP contribution in [0.25, 0.3) is 0 Å². The molecule has 0 heterocycles.